The van der Waals surface area contributed by atoms with E-state index in [9.17, 15) is 8.42 Å². The Balaban J connectivity index is 3.94. The molecule has 0 aromatic heterocycles. The molecule has 0 saturated carbocycles. The summed E-state index contributed by atoms with van der Waals surface area (Å²) in [6, 6.07) is 0.224. The van der Waals surface area contributed by atoms with Crippen molar-refractivity contribution < 1.29 is 13.2 Å². The quantitative estimate of drug-likeness (QED) is 0.666. The van der Waals surface area contributed by atoms with Gasteiger partial charge >= 0.3 is 0 Å². The molecule has 0 amide bonds. The van der Waals surface area contributed by atoms with Crippen LogP contribution in [0.25, 0.3) is 0 Å². The van der Waals surface area contributed by atoms with Crippen LogP contribution in [-0.4, -0.2) is 46.2 Å². The van der Waals surface area contributed by atoms with Crippen molar-refractivity contribution in [3.05, 3.63) is 0 Å². The lowest BCUT2D eigenvalue weighted by molar-refractivity contribution is 0.148. The number of methoxy groups -OCH3 is 1. The third-order valence-electron chi connectivity index (χ3n) is 2.49. The fourth-order valence-electron chi connectivity index (χ4n) is 1.48. The minimum Gasteiger partial charge on any atom is -0.383 e. The number of rotatable bonds is 9. The molecule has 0 aliphatic heterocycles. The number of ether oxygens (including phenoxy) is 1. The van der Waals surface area contributed by atoms with Crippen LogP contribution in [0.2, 0.25) is 0 Å². The molecule has 0 bridgehead atoms. The molecule has 5 heteroatoms. The van der Waals surface area contributed by atoms with Gasteiger partial charge in [-0.25, -0.2) is 8.42 Å². The fraction of sp³-hybridized carbons (Fsp3) is 1.00. The van der Waals surface area contributed by atoms with Gasteiger partial charge in [0.1, 0.15) is 0 Å². The van der Waals surface area contributed by atoms with Crippen LogP contribution in [0, 0.1) is 5.92 Å². The highest BCUT2D eigenvalue weighted by Crippen LogP contribution is 2.02. The van der Waals surface area contributed by atoms with Crippen LogP contribution >= 0.6 is 0 Å². The van der Waals surface area contributed by atoms with Crippen LogP contribution in [0.15, 0.2) is 0 Å². The van der Waals surface area contributed by atoms with Gasteiger partial charge in [0.25, 0.3) is 0 Å². The van der Waals surface area contributed by atoms with E-state index in [1.165, 1.54) is 0 Å². The topological polar surface area (TPSA) is 55.4 Å². The van der Waals surface area contributed by atoms with Gasteiger partial charge in [0.05, 0.1) is 12.4 Å². The van der Waals surface area contributed by atoms with Crippen LogP contribution < -0.4 is 5.32 Å². The molecular weight excluding hydrogens is 226 g/mol. The van der Waals surface area contributed by atoms with Gasteiger partial charge in [0.2, 0.25) is 0 Å². The number of sulfone groups is 1. The summed E-state index contributed by atoms with van der Waals surface area (Å²) in [7, 11) is -1.21. The minimum absolute atomic E-state index is 0.216. The van der Waals surface area contributed by atoms with Gasteiger partial charge in [-0.3, -0.25) is 0 Å². The summed E-state index contributed by atoms with van der Waals surface area (Å²) in [5, 5.41) is 3.23. The number of hydrogen-bond acceptors (Lipinski definition) is 4. The summed E-state index contributed by atoms with van der Waals surface area (Å²) >= 11 is 0. The van der Waals surface area contributed by atoms with Crippen molar-refractivity contribution in [2.45, 2.75) is 33.2 Å². The van der Waals surface area contributed by atoms with Gasteiger partial charge < -0.3 is 10.1 Å². The largest absolute Gasteiger partial charge is 0.383 e. The van der Waals surface area contributed by atoms with Crippen LogP contribution in [0.1, 0.15) is 27.2 Å². The van der Waals surface area contributed by atoms with Crippen molar-refractivity contribution >= 4 is 9.84 Å². The first kappa shape index (κ1) is 15.9. The SMILES string of the molecule is CCCS(=O)(=O)CCNC(COC)C(C)C. The Morgan fingerprint density at radius 3 is 2.31 bits per heavy atom. The molecule has 0 radical (unpaired) electrons. The monoisotopic (exact) mass is 251 g/mol. The van der Waals surface area contributed by atoms with E-state index in [0.717, 1.165) is 0 Å². The Hall–Kier alpha value is -0.130. The lowest BCUT2D eigenvalue weighted by Crippen LogP contribution is -2.40. The summed E-state index contributed by atoms with van der Waals surface area (Å²) in [6.45, 7) is 7.20. The Bertz CT molecular complexity index is 262. The Kier molecular flexibility index (Phi) is 7.97. The van der Waals surface area contributed by atoms with Gasteiger partial charge in [-0.1, -0.05) is 20.8 Å². The summed E-state index contributed by atoms with van der Waals surface area (Å²) < 4.78 is 28.0. The van der Waals surface area contributed by atoms with Gasteiger partial charge in [-0.05, 0) is 12.3 Å². The third-order valence-corrected chi connectivity index (χ3v) is 4.34. The van der Waals surface area contributed by atoms with Gasteiger partial charge in [-0.15, -0.1) is 0 Å². The zero-order chi connectivity index (χ0) is 12.6. The molecule has 0 aromatic carbocycles. The third kappa shape index (κ3) is 7.19. The average molecular weight is 251 g/mol. The second kappa shape index (κ2) is 8.03. The van der Waals surface area contributed by atoms with E-state index in [1.807, 2.05) is 6.92 Å². The summed E-state index contributed by atoms with van der Waals surface area (Å²) in [6.07, 6.45) is 0.689. The molecule has 1 unspecified atom stereocenters. The predicted octanol–water partition coefficient (Wildman–Crippen LogP) is 1.07. The molecule has 1 atom stereocenters. The maximum absolute atomic E-state index is 11.5. The fourth-order valence-corrected chi connectivity index (χ4v) is 2.73. The van der Waals surface area contributed by atoms with Gasteiger partial charge in [0, 0.05) is 25.4 Å². The Morgan fingerprint density at radius 2 is 1.88 bits per heavy atom. The van der Waals surface area contributed by atoms with E-state index in [0.29, 0.717) is 25.5 Å². The average Bonchev–Trinajstić information content (AvgIpc) is 2.15. The maximum Gasteiger partial charge on any atom is 0.151 e. The predicted molar refractivity (Wildman–Crippen MR) is 67.4 cm³/mol. The lowest BCUT2D eigenvalue weighted by Gasteiger charge is -2.21. The van der Waals surface area contributed by atoms with Gasteiger partial charge in [0.15, 0.2) is 9.84 Å². The second-order valence-corrected chi connectivity index (χ2v) is 6.72. The van der Waals surface area contributed by atoms with Crippen molar-refractivity contribution in [3.8, 4) is 0 Å². The molecule has 0 spiro atoms. The first-order chi connectivity index (χ1) is 7.43. The van der Waals surface area contributed by atoms with Crippen LogP contribution in [-0.2, 0) is 14.6 Å². The molecule has 0 rings (SSSR count). The van der Waals surface area contributed by atoms with Crippen molar-refractivity contribution in [1.82, 2.24) is 5.32 Å². The molecule has 98 valence electrons. The molecule has 0 aliphatic carbocycles. The molecule has 0 aromatic rings. The maximum atomic E-state index is 11.5. The number of nitrogens with one attached hydrogen (secondary N) is 1. The summed E-state index contributed by atoms with van der Waals surface area (Å²) in [4.78, 5) is 0. The van der Waals surface area contributed by atoms with E-state index in [-0.39, 0.29) is 17.5 Å². The molecule has 0 aliphatic rings. The Labute approximate surface area is 99.7 Å². The number of hydrogen-bond donors (Lipinski definition) is 1. The zero-order valence-electron chi connectivity index (χ0n) is 10.8. The second-order valence-electron chi connectivity index (χ2n) is 4.41. The minimum atomic E-state index is -2.87. The van der Waals surface area contributed by atoms with Crippen molar-refractivity contribution in [2.75, 3.05) is 31.8 Å². The highest BCUT2D eigenvalue weighted by atomic mass is 32.2. The van der Waals surface area contributed by atoms with Gasteiger partial charge in [-0.2, -0.15) is 0 Å². The van der Waals surface area contributed by atoms with Crippen LogP contribution in [0.5, 0.6) is 0 Å². The van der Waals surface area contributed by atoms with E-state index in [1.54, 1.807) is 7.11 Å². The standard InChI is InChI=1S/C11H25NO3S/c1-5-7-16(13,14)8-6-12-11(9-15-4)10(2)3/h10-12H,5-9H2,1-4H3. The normalized spacial score (nSPS) is 14.3. The van der Waals surface area contributed by atoms with Crippen LogP contribution in [0.4, 0.5) is 0 Å². The molecule has 4 nitrogen and oxygen atoms in total. The van der Waals surface area contributed by atoms with E-state index >= 15 is 0 Å². The first-order valence-electron chi connectivity index (χ1n) is 5.85. The lowest BCUT2D eigenvalue weighted by atomic mass is 10.1. The summed E-state index contributed by atoms with van der Waals surface area (Å²) in [5.74, 6) is 0.938. The first-order valence-corrected chi connectivity index (χ1v) is 7.67. The molecule has 0 saturated heterocycles. The van der Waals surface area contributed by atoms with Crippen molar-refractivity contribution in [2.24, 2.45) is 5.92 Å². The smallest absolute Gasteiger partial charge is 0.151 e. The molecular formula is C11H25NO3S. The van der Waals surface area contributed by atoms with Crippen molar-refractivity contribution in [3.63, 3.8) is 0 Å². The molecule has 1 N–H and O–H groups in total. The highest BCUT2D eigenvalue weighted by Gasteiger charge is 2.14. The molecule has 0 heterocycles. The van der Waals surface area contributed by atoms with Crippen molar-refractivity contribution in [1.29, 1.82) is 0 Å². The summed E-state index contributed by atoms with van der Waals surface area (Å²) in [5.41, 5.74) is 0. The van der Waals surface area contributed by atoms with E-state index < -0.39 is 9.84 Å². The molecule has 0 fully saturated rings. The molecule has 16 heavy (non-hydrogen) atoms. The zero-order valence-corrected chi connectivity index (χ0v) is 11.6. The van der Waals surface area contributed by atoms with E-state index in [2.05, 4.69) is 19.2 Å². The van der Waals surface area contributed by atoms with Crippen LogP contribution in [0.3, 0.4) is 0 Å². The Morgan fingerprint density at radius 1 is 1.25 bits per heavy atom. The van der Waals surface area contributed by atoms with E-state index in [4.69, 9.17) is 4.74 Å². The highest BCUT2D eigenvalue weighted by molar-refractivity contribution is 7.91.